The predicted molar refractivity (Wildman–Crippen MR) is 143 cm³/mol. The van der Waals surface area contributed by atoms with Crippen LogP contribution < -0.4 is 0 Å². The number of benzene rings is 3. The van der Waals surface area contributed by atoms with Crippen LogP contribution in [0, 0.1) is 0 Å². The van der Waals surface area contributed by atoms with E-state index in [1.165, 1.54) is 16.7 Å². The number of hydrogen-bond donors (Lipinski definition) is 1. The summed E-state index contributed by atoms with van der Waals surface area (Å²) in [5.74, 6) is 0. The van der Waals surface area contributed by atoms with Crippen molar-refractivity contribution in [3.05, 3.63) is 131 Å². The van der Waals surface area contributed by atoms with Crippen LogP contribution in [0.4, 0.5) is 0 Å². The van der Waals surface area contributed by atoms with Gasteiger partial charge in [0.25, 0.3) is 0 Å². The molecule has 1 atom stereocenters. The van der Waals surface area contributed by atoms with Crippen LogP contribution in [0.2, 0.25) is 0 Å². The lowest BCUT2D eigenvalue weighted by Gasteiger charge is -2.48. The van der Waals surface area contributed by atoms with Gasteiger partial charge >= 0.3 is 0 Å². The molecule has 5 rings (SSSR count). The Labute approximate surface area is 213 Å². The van der Waals surface area contributed by atoms with Gasteiger partial charge in [-0.2, -0.15) is 5.10 Å². The Morgan fingerprint density at radius 1 is 0.889 bits per heavy atom. The van der Waals surface area contributed by atoms with Gasteiger partial charge in [0, 0.05) is 26.4 Å². The SMILES string of the molecule is COCCn1ccc(/C=C2\CN(C(c3ccccc3)(c3ccccc3)c3ccccc3)CCC2O)n1. The van der Waals surface area contributed by atoms with Crippen molar-refractivity contribution in [2.75, 3.05) is 26.8 Å². The van der Waals surface area contributed by atoms with Gasteiger partial charge in [-0.05, 0) is 40.8 Å². The van der Waals surface area contributed by atoms with Gasteiger partial charge in [0.1, 0.15) is 0 Å². The van der Waals surface area contributed by atoms with Crippen molar-refractivity contribution in [2.24, 2.45) is 0 Å². The van der Waals surface area contributed by atoms with Crippen LogP contribution in [-0.4, -0.2) is 52.7 Å². The number of hydrogen-bond acceptors (Lipinski definition) is 4. The highest BCUT2D eigenvalue weighted by Gasteiger charge is 2.44. The van der Waals surface area contributed by atoms with E-state index >= 15 is 0 Å². The highest BCUT2D eigenvalue weighted by atomic mass is 16.5. The van der Waals surface area contributed by atoms with Crippen molar-refractivity contribution < 1.29 is 9.84 Å². The maximum atomic E-state index is 11.0. The number of nitrogens with zero attached hydrogens (tertiary/aromatic N) is 3. The summed E-state index contributed by atoms with van der Waals surface area (Å²) in [6.07, 6.45) is 4.17. The zero-order valence-electron chi connectivity index (χ0n) is 20.7. The van der Waals surface area contributed by atoms with E-state index in [4.69, 9.17) is 4.74 Å². The zero-order chi connectivity index (χ0) is 24.8. The van der Waals surface area contributed by atoms with Crippen LogP contribution in [0.5, 0.6) is 0 Å². The molecule has 1 N–H and O–H groups in total. The number of piperidine rings is 1. The van der Waals surface area contributed by atoms with Crippen LogP contribution in [0.25, 0.3) is 6.08 Å². The van der Waals surface area contributed by atoms with Crippen molar-refractivity contribution in [1.82, 2.24) is 14.7 Å². The molecule has 2 heterocycles. The van der Waals surface area contributed by atoms with E-state index in [9.17, 15) is 5.11 Å². The molecule has 0 saturated carbocycles. The van der Waals surface area contributed by atoms with E-state index in [1.807, 2.05) is 23.0 Å². The van der Waals surface area contributed by atoms with Gasteiger partial charge in [0.05, 0.1) is 30.5 Å². The summed E-state index contributed by atoms with van der Waals surface area (Å²) in [5.41, 5.74) is 4.96. The van der Waals surface area contributed by atoms with Crippen LogP contribution in [0.3, 0.4) is 0 Å². The molecule has 0 aliphatic carbocycles. The van der Waals surface area contributed by atoms with Crippen LogP contribution >= 0.6 is 0 Å². The lowest BCUT2D eigenvalue weighted by atomic mass is 9.74. The molecule has 1 aliphatic rings. The molecule has 1 saturated heterocycles. The molecule has 4 aromatic rings. The number of likely N-dealkylation sites (tertiary alicyclic amines) is 1. The normalized spacial score (nSPS) is 17.9. The van der Waals surface area contributed by atoms with Gasteiger partial charge in [-0.3, -0.25) is 9.58 Å². The Morgan fingerprint density at radius 2 is 1.44 bits per heavy atom. The highest BCUT2D eigenvalue weighted by Crippen LogP contribution is 2.44. The Balaban J connectivity index is 1.61. The van der Waals surface area contributed by atoms with E-state index in [2.05, 4.69) is 101 Å². The molecule has 0 spiro atoms. The number of rotatable bonds is 8. The van der Waals surface area contributed by atoms with Gasteiger partial charge in [-0.25, -0.2) is 0 Å². The molecule has 5 nitrogen and oxygen atoms in total. The maximum Gasteiger partial charge on any atom is 0.0975 e. The lowest BCUT2D eigenvalue weighted by Crippen LogP contribution is -2.52. The monoisotopic (exact) mass is 479 g/mol. The van der Waals surface area contributed by atoms with E-state index < -0.39 is 11.6 Å². The van der Waals surface area contributed by atoms with Gasteiger partial charge in [0.2, 0.25) is 0 Å². The molecule has 0 radical (unpaired) electrons. The van der Waals surface area contributed by atoms with E-state index in [-0.39, 0.29) is 0 Å². The average molecular weight is 480 g/mol. The van der Waals surface area contributed by atoms with Crippen molar-refractivity contribution in [2.45, 2.75) is 24.6 Å². The van der Waals surface area contributed by atoms with Gasteiger partial charge in [0.15, 0.2) is 0 Å². The fourth-order valence-electron chi connectivity index (χ4n) is 5.34. The Morgan fingerprint density at radius 3 is 1.97 bits per heavy atom. The second-order valence-electron chi connectivity index (χ2n) is 9.25. The average Bonchev–Trinajstić information content (AvgIpc) is 3.39. The molecular formula is C31H33N3O2. The van der Waals surface area contributed by atoms with E-state index in [1.54, 1.807) is 7.11 Å². The summed E-state index contributed by atoms with van der Waals surface area (Å²) >= 11 is 0. The molecule has 0 bridgehead atoms. The van der Waals surface area contributed by atoms with Crippen LogP contribution in [0.15, 0.2) is 109 Å². The van der Waals surface area contributed by atoms with Crippen molar-refractivity contribution in [1.29, 1.82) is 0 Å². The standard InChI is InChI=1S/C31H33N3O2/c1-36-22-21-34-20-17-29(32-34)23-25-24-33(19-18-30(25)35)31(26-11-5-2-6-12-26,27-13-7-3-8-14-27)28-15-9-4-10-16-28/h2-17,20,23,30,35H,18-19,21-22,24H2,1H3/b25-23+. The minimum Gasteiger partial charge on any atom is -0.389 e. The third-order valence-corrected chi connectivity index (χ3v) is 7.04. The van der Waals surface area contributed by atoms with Crippen molar-refractivity contribution in [3.63, 3.8) is 0 Å². The Kier molecular flexibility index (Phi) is 7.42. The van der Waals surface area contributed by atoms with Gasteiger partial charge in [-0.1, -0.05) is 91.0 Å². The molecule has 1 fully saturated rings. The largest absolute Gasteiger partial charge is 0.389 e. The topological polar surface area (TPSA) is 50.5 Å². The van der Waals surface area contributed by atoms with E-state index in [0.717, 1.165) is 17.8 Å². The minimum absolute atomic E-state index is 0.495. The van der Waals surface area contributed by atoms with Gasteiger partial charge in [-0.15, -0.1) is 0 Å². The number of ether oxygens (including phenoxy) is 1. The van der Waals surface area contributed by atoms with Crippen molar-refractivity contribution >= 4 is 6.08 Å². The quantitative estimate of drug-likeness (QED) is 0.363. The second-order valence-corrected chi connectivity index (χ2v) is 9.25. The smallest absolute Gasteiger partial charge is 0.0975 e. The third-order valence-electron chi connectivity index (χ3n) is 7.04. The molecule has 0 amide bonds. The van der Waals surface area contributed by atoms with Crippen molar-refractivity contribution in [3.8, 4) is 0 Å². The first kappa shape index (κ1) is 24.2. The molecule has 1 aliphatic heterocycles. The third kappa shape index (κ3) is 4.78. The number of aromatic nitrogens is 2. The molecule has 5 heteroatoms. The summed E-state index contributed by atoms with van der Waals surface area (Å²) in [6.45, 7) is 2.71. The fourth-order valence-corrected chi connectivity index (χ4v) is 5.34. The first-order valence-corrected chi connectivity index (χ1v) is 12.5. The summed E-state index contributed by atoms with van der Waals surface area (Å²) < 4.78 is 7.06. The zero-order valence-corrected chi connectivity index (χ0v) is 20.7. The second kappa shape index (κ2) is 11.0. The van der Waals surface area contributed by atoms with Crippen LogP contribution in [-0.2, 0) is 16.8 Å². The first-order chi connectivity index (χ1) is 17.7. The summed E-state index contributed by atoms with van der Waals surface area (Å²) in [7, 11) is 1.69. The number of methoxy groups -OCH3 is 1. The molecule has 184 valence electrons. The molecule has 1 aromatic heterocycles. The summed E-state index contributed by atoms with van der Waals surface area (Å²) in [6, 6.07) is 34.1. The first-order valence-electron chi connectivity index (χ1n) is 12.5. The van der Waals surface area contributed by atoms with E-state index in [0.29, 0.717) is 26.1 Å². The number of aliphatic hydroxyl groups excluding tert-OH is 1. The summed E-state index contributed by atoms with van der Waals surface area (Å²) in [4.78, 5) is 2.51. The Bertz CT molecular complexity index is 1170. The summed E-state index contributed by atoms with van der Waals surface area (Å²) in [5, 5.41) is 15.7. The highest BCUT2D eigenvalue weighted by molar-refractivity contribution is 5.53. The molecular weight excluding hydrogens is 446 g/mol. The Hall–Kier alpha value is -3.51. The number of aliphatic hydroxyl groups is 1. The lowest BCUT2D eigenvalue weighted by molar-refractivity contribution is 0.0871. The predicted octanol–water partition coefficient (Wildman–Crippen LogP) is 4.97. The van der Waals surface area contributed by atoms with Gasteiger partial charge < -0.3 is 9.84 Å². The van der Waals surface area contributed by atoms with Crippen LogP contribution in [0.1, 0.15) is 28.8 Å². The maximum absolute atomic E-state index is 11.0. The molecule has 36 heavy (non-hydrogen) atoms. The molecule has 3 aromatic carbocycles. The minimum atomic E-state index is -0.499. The fraction of sp³-hybridized carbons (Fsp3) is 0.258. The molecule has 1 unspecified atom stereocenters.